The van der Waals surface area contributed by atoms with E-state index in [2.05, 4.69) is 5.32 Å². The van der Waals surface area contributed by atoms with Crippen molar-refractivity contribution in [1.29, 1.82) is 5.26 Å². The third-order valence-corrected chi connectivity index (χ3v) is 2.92. The predicted octanol–water partition coefficient (Wildman–Crippen LogP) is -0.775. The molecule has 112 valence electrons. The number of nitrogens with one attached hydrogen (secondary N) is 1. The number of aliphatic carboxylic acids is 1. The Morgan fingerprint density at radius 1 is 1.38 bits per heavy atom. The highest BCUT2D eigenvalue weighted by Crippen LogP contribution is 2.13. The number of benzene rings is 1. The predicted molar refractivity (Wildman–Crippen MR) is 74.8 cm³/mol. The fourth-order valence-corrected chi connectivity index (χ4v) is 1.79. The number of para-hydroxylation sites is 1. The van der Waals surface area contributed by atoms with Gasteiger partial charge in [0.1, 0.15) is 12.1 Å². The van der Waals surface area contributed by atoms with E-state index in [0.717, 1.165) is 0 Å². The first-order chi connectivity index (χ1) is 9.93. The smallest absolute Gasteiger partial charge is 0.230 e. The quantitative estimate of drug-likeness (QED) is 0.686. The van der Waals surface area contributed by atoms with Crippen LogP contribution in [-0.2, 0) is 9.59 Å². The van der Waals surface area contributed by atoms with Gasteiger partial charge in [-0.2, -0.15) is 5.26 Å². The van der Waals surface area contributed by atoms with E-state index in [1.165, 1.54) is 0 Å². The zero-order valence-electron chi connectivity index (χ0n) is 12.1. The van der Waals surface area contributed by atoms with Crippen molar-refractivity contribution in [2.75, 3.05) is 11.9 Å². The molecule has 0 saturated carbocycles. The highest BCUT2D eigenvalue weighted by molar-refractivity contribution is 5.94. The Morgan fingerprint density at radius 3 is 2.62 bits per heavy atom. The molecule has 1 amide bonds. The maximum atomic E-state index is 11.9. The third kappa shape index (κ3) is 5.63. The number of nitrogens with zero attached hydrogens (tertiary/aromatic N) is 1. The van der Waals surface area contributed by atoms with Crippen LogP contribution < -0.4 is 15.7 Å². The van der Waals surface area contributed by atoms with Crippen LogP contribution in [-0.4, -0.2) is 24.5 Å². The molecular formula is C15H19N3O3. The van der Waals surface area contributed by atoms with Crippen molar-refractivity contribution in [2.24, 2.45) is 5.92 Å². The van der Waals surface area contributed by atoms with Crippen LogP contribution in [0.5, 0.6) is 0 Å². The van der Waals surface area contributed by atoms with Gasteiger partial charge < -0.3 is 20.5 Å². The average molecular weight is 289 g/mol. The summed E-state index contributed by atoms with van der Waals surface area (Å²) in [4.78, 5) is 23.0. The van der Waals surface area contributed by atoms with Crippen molar-refractivity contribution in [2.45, 2.75) is 26.3 Å². The highest BCUT2D eigenvalue weighted by atomic mass is 16.4. The maximum Gasteiger partial charge on any atom is 0.230 e. The minimum atomic E-state index is -1.26. The van der Waals surface area contributed by atoms with Crippen molar-refractivity contribution in [1.82, 2.24) is 0 Å². The standard InChI is InChI=1S/C15H19N3O3/c1-10(2)9-17-13(15(20)21)7-14(19)18-12-6-4-3-5-11(12)8-16/h3-6,10,13,17H,7,9H2,1-2H3,(H,18,19)(H,20,21)/t13-/m0/s1. The normalized spacial score (nSPS) is 11.7. The number of quaternary nitrogens is 1. The lowest BCUT2D eigenvalue weighted by atomic mass is 10.1. The number of carboxylic acid groups (broad SMARTS) is 1. The van der Waals surface area contributed by atoms with E-state index in [9.17, 15) is 14.7 Å². The number of carbonyl (C=O) groups is 2. The van der Waals surface area contributed by atoms with Crippen LogP contribution in [0, 0.1) is 17.2 Å². The summed E-state index contributed by atoms with van der Waals surface area (Å²) in [6.07, 6.45) is -0.200. The monoisotopic (exact) mass is 289 g/mol. The van der Waals surface area contributed by atoms with E-state index in [1.54, 1.807) is 29.6 Å². The number of amides is 1. The molecule has 0 aliphatic carbocycles. The number of hydrogen-bond acceptors (Lipinski definition) is 4. The van der Waals surface area contributed by atoms with E-state index < -0.39 is 17.9 Å². The van der Waals surface area contributed by atoms with E-state index in [1.807, 2.05) is 19.9 Å². The second-order valence-corrected chi connectivity index (χ2v) is 5.20. The van der Waals surface area contributed by atoms with Gasteiger partial charge >= 0.3 is 0 Å². The molecule has 0 bridgehead atoms. The summed E-state index contributed by atoms with van der Waals surface area (Å²) in [6, 6.07) is 7.60. The number of rotatable bonds is 7. The summed E-state index contributed by atoms with van der Waals surface area (Å²) in [5, 5.41) is 24.1. The zero-order chi connectivity index (χ0) is 15.8. The second-order valence-electron chi connectivity index (χ2n) is 5.20. The molecule has 1 aromatic rings. The summed E-state index contributed by atoms with van der Waals surface area (Å²) < 4.78 is 0. The number of anilines is 1. The Hall–Kier alpha value is -2.39. The van der Waals surface area contributed by atoms with Crippen LogP contribution in [0.3, 0.4) is 0 Å². The van der Waals surface area contributed by atoms with Gasteiger partial charge in [-0.1, -0.05) is 26.0 Å². The lowest BCUT2D eigenvalue weighted by molar-refractivity contribution is -0.686. The molecule has 0 aromatic heterocycles. The molecule has 0 radical (unpaired) electrons. The molecule has 0 unspecified atom stereocenters. The fourth-order valence-electron chi connectivity index (χ4n) is 1.79. The van der Waals surface area contributed by atoms with E-state index in [-0.39, 0.29) is 6.42 Å². The van der Waals surface area contributed by atoms with Crippen LogP contribution in [0.2, 0.25) is 0 Å². The van der Waals surface area contributed by atoms with Crippen LogP contribution >= 0.6 is 0 Å². The Morgan fingerprint density at radius 2 is 2.05 bits per heavy atom. The van der Waals surface area contributed by atoms with E-state index in [0.29, 0.717) is 23.7 Å². The lowest BCUT2D eigenvalue weighted by Crippen LogP contribution is -2.94. The van der Waals surface area contributed by atoms with Crippen molar-refractivity contribution < 1.29 is 20.0 Å². The lowest BCUT2D eigenvalue weighted by Gasteiger charge is -2.17. The molecular weight excluding hydrogens is 270 g/mol. The minimum Gasteiger partial charge on any atom is -0.544 e. The Bertz CT molecular complexity index is 549. The van der Waals surface area contributed by atoms with Gasteiger partial charge in [-0.25, -0.2) is 0 Å². The average Bonchev–Trinajstić information content (AvgIpc) is 2.43. The molecule has 0 saturated heterocycles. The number of nitrogens with two attached hydrogens (primary N) is 1. The Labute approximate surface area is 123 Å². The summed E-state index contributed by atoms with van der Waals surface area (Å²) >= 11 is 0. The third-order valence-electron chi connectivity index (χ3n) is 2.92. The number of carbonyl (C=O) groups excluding carboxylic acids is 2. The van der Waals surface area contributed by atoms with Gasteiger partial charge in [0.25, 0.3) is 0 Å². The molecule has 0 aliphatic rings. The molecule has 0 heterocycles. The van der Waals surface area contributed by atoms with Crippen LogP contribution in [0.25, 0.3) is 0 Å². The van der Waals surface area contributed by atoms with Gasteiger partial charge in [-0.05, 0) is 12.1 Å². The first-order valence-corrected chi connectivity index (χ1v) is 6.77. The summed E-state index contributed by atoms with van der Waals surface area (Å²) in [5.74, 6) is -1.40. The van der Waals surface area contributed by atoms with Crippen LogP contribution in [0.1, 0.15) is 25.8 Å². The van der Waals surface area contributed by atoms with Gasteiger partial charge in [0.2, 0.25) is 5.91 Å². The fraction of sp³-hybridized carbons (Fsp3) is 0.400. The first-order valence-electron chi connectivity index (χ1n) is 6.77. The maximum absolute atomic E-state index is 11.9. The molecule has 3 N–H and O–H groups in total. The minimum absolute atomic E-state index is 0.200. The Balaban J connectivity index is 2.66. The highest BCUT2D eigenvalue weighted by Gasteiger charge is 2.19. The SMILES string of the molecule is CC(C)C[NH2+][C@@H](CC(=O)Nc1ccccc1C#N)C(=O)[O-]. The van der Waals surface area contributed by atoms with Crippen LogP contribution in [0.15, 0.2) is 24.3 Å². The van der Waals surface area contributed by atoms with Gasteiger partial charge in [-0.15, -0.1) is 0 Å². The molecule has 0 aliphatic heterocycles. The summed E-state index contributed by atoms with van der Waals surface area (Å²) in [6.45, 7) is 4.53. The first kappa shape index (κ1) is 16.7. The number of hydrogen-bond donors (Lipinski definition) is 2. The van der Waals surface area contributed by atoms with Gasteiger partial charge in [0.05, 0.1) is 30.2 Å². The summed E-state index contributed by atoms with van der Waals surface area (Å²) in [5.41, 5.74) is 0.716. The van der Waals surface area contributed by atoms with Crippen molar-refractivity contribution in [3.8, 4) is 6.07 Å². The van der Waals surface area contributed by atoms with Crippen molar-refractivity contribution >= 4 is 17.6 Å². The Kier molecular flexibility index (Phi) is 6.37. The van der Waals surface area contributed by atoms with Gasteiger partial charge in [0, 0.05) is 5.92 Å². The number of nitriles is 1. The van der Waals surface area contributed by atoms with Gasteiger partial charge in [-0.3, -0.25) is 4.79 Å². The molecule has 6 heteroatoms. The summed E-state index contributed by atoms with van der Waals surface area (Å²) in [7, 11) is 0. The molecule has 1 atom stereocenters. The van der Waals surface area contributed by atoms with Gasteiger partial charge in [0.15, 0.2) is 0 Å². The molecule has 1 rings (SSSR count). The molecule has 0 spiro atoms. The molecule has 21 heavy (non-hydrogen) atoms. The number of carboxylic acids is 1. The van der Waals surface area contributed by atoms with E-state index in [4.69, 9.17) is 5.26 Å². The largest absolute Gasteiger partial charge is 0.544 e. The van der Waals surface area contributed by atoms with Crippen LogP contribution in [0.4, 0.5) is 5.69 Å². The topological polar surface area (TPSA) is 110 Å². The molecule has 1 aromatic carbocycles. The zero-order valence-corrected chi connectivity index (χ0v) is 12.1. The van der Waals surface area contributed by atoms with E-state index >= 15 is 0 Å². The molecule has 0 fully saturated rings. The van der Waals surface area contributed by atoms with Crippen molar-refractivity contribution in [3.05, 3.63) is 29.8 Å². The molecule has 6 nitrogen and oxygen atoms in total. The van der Waals surface area contributed by atoms with Crippen molar-refractivity contribution in [3.63, 3.8) is 0 Å². The second kappa shape index (κ2) is 8.02.